The van der Waals surface area contributed by atoms with Gasteiger partial charge in [-0.15, -0.1) is 0 Å². The molecule has 22 heavy (non-hydrogen) atoms. The van der Waals surface area contributed by atoms with Gasteiger partial charge < -0.3 is 4.48 Å². The van der Waals surface area contributed by atoms with Crippen molar-refractivity contribution in [3.05, 3.63) is 29.6 Å². The lowest BCUT2D eigenvalue weighted by molar-refractivity contribution is -0.870. The summed E-state index contributed by atoms with van der Waals surface area (Å²) < 4.78 is 3.46. The molecular weight excluding hydrogens is 268 g/mol. The maximum atomic E-state index is 2.36. The Kier molecular flexibility index (Phi) is 8.70. The topological polar surface area (TPSA) is 3.88 Å². The van der Waals surface area contributed by atoms with Crippen LogP contribution < -0.4 is 4.57 Å². The van der Waals surface area contributed by atoms with Gasteiger partial charge in [-0.05, 0) is 39.2 Å². The van der Waals surface area contributed by atoms with E-state index in [1.54, 1.807) is 0 Å². The predicted molar refractivity (Wildman–Crippen MR) is 95.9 cm³/mol. The first-order valence-electron chi connectivity index (χ1n) is 9.15. The molecule has 0 saturated carbocycles. The predicted octanol–water partition coefficient (Wildman–Crippen LogP) is 4.42. The van der Waals surface area contributed by atoms with Crippen LogP contribution in [-0.2, 0) is 6.54 Å². The summed E-state index contributed by atoms with van der Waals surface area (Å²) in [5, 5.41) is 0. The third-order valence-electron chi connectivity index (χ3n) is 4.19. The fraction of sp³-hybridized carbons (Fsp3) is 0.750. The number of quaternary nitrogens is 1. The van der Waals surface area contributed by atoms with Gasteiger partial charge in [-0.3, -0.25) is 0 Å². The van der Waals surface area contributed by atoms with Crippen LogP contribution in [0.25, 0.3) is 0 Å². The van der Waals surface area contributed by atoms with Gasteiger partial charge in [0, 0.05) is 17.5 Å². The maximum Gasteiger partial charge on any atom is 0.171 e. The first-order valence-corrected chi connectivity index (χ1v) is 9.15. The smallest absolute Gasteiger partial charge is 0.171 e. The van der Waals surface area contributed by atoms with Gasteiger partial charge in [0.2, 0.25) is 0 Å². The van der Waals surface area contributed by atoms with Crippen molar-refractivity contribution < 1.29 is 9.05 Å². The molecule has 0 saturated heterocycles. The summed E-state index contributed by atoms with van der Waals surface area (Å²) in [6.45, 7) is 6.85. The fourth-order valence-corrected chi connectivity index (χ4v) is 3.06. The van der Waals surface area contributed by atoms with Gasteiger partial charge in [0.25, 0.3) is 0 Å². The van der Waals surface area contributed by atoms with Gasteiger partial charge in [-0.1, -0.05) is 25.7 Å². The van der Waals surface area contributed by atoms with Crippen molar-refractivity contribution in [3.63, 3.8) is 0 Å². The van der Waals surface area contributed by atoms with Crippen LogP contribution in [0.15, 0.2) is 18.5 Å². The monoisotopic (exact) mass is 306 g/mol. The molecule has 126 valence electrons. The molecule has 2 nitrogen and oxygen atoms in total. The van der Waals surface area contributed by atoms with Gasteiger partial charge in [-0.2, -0.15) is 0 Å². The van der Waals surface area contributed by atoms with Crippen LogP contribution in [0.4, 0.5) is 0 Å². The summed E-state index contributed by atoms with van der Waals surface area (Å²) in [5.74, 6) is 0. The molecule has 0 radical (unpaired) electrons. The van der Waals surface area contributed by atoms with E-state index in [1.165, 1.54) is 75.6 Å². The van der Waals surface area contributed by atoms with Crippen molar-refractivity contribution in [3.8, 4) is 0 Å². The largest absolute Gasteiger partial charge is 0.331 e. The normalized spacial score (nSPS) is 11.9. The molecule has 1 rings (SSSR count). The Morgan fingerprint density at radius 2 is 1.18 bits per heavy atom. The van der Waals surface area contributed by atoms with Crippen molar-refractivity contribution >= 4 is 0 Å². The van der Waals surface area contributed by atoms with Crippen LogP contribution in [0.1, 0.15) is 62.5 Å². The minimum atomic E-state index is 1.11. The van der Waals surface area contributed by atoms with E-state index in [0.29, 0.717) is 0 Å². The molecule has 0 amide bonds. The number of rotatable bonds is 11. The Bertz CT molecular complexity index is 398. The number of hydrogen-bond donors (Lipinski definition) is 0. The molecule has 0 N–H and O–H groups in total. The highest BCUT2D eigenvalue weighted by atomic mass is 15.3. The van der Waals surface area contributed by atoms with Crippen LogP contribution in [0.5, 0.6) is 0 Å². The molecule has 0 bridgehead atoms. The molecule has 0 fully saturated rings. The number of nitrogens with zero attached hydrogens (tertiary/aromatic N) is 2. The van der Waals surface area contributed by atoms with E-state index in [9.17, 15) is 0 Å². The number of pyridine rings is 1. The van der Waals surface area contributed by atoms with Crippen molar-refractivity contribution in [1.29, 1.82) is 0 Å². The molecule has 0 spiro atoms. The SMILES string of the molecule is Cc1cc(C)c[n+](CCCCCCCCCC[N+](C)(C)C)c1. The lowest BCUT2D eigenvalue weighted by atomic mass is 10.1. The van der Waals surface area contributed by atoms with Gasteiger partial charge in [-0.25, -0.2) is 4.57 Å². The first kappa shape index (κ1) is 19.2. The van der Waals surface area contributed by atoms with Crippen molar-refractivity contribution in [1.82, 2.24) is 0 Å². The van der Waals surface area contributed by atoms with Gasteiger partial charge in [0.1, 0.15) is 6.54 Å². The van der Waals surface area contributed by atoms with Crippen molar-refractivity contribution in [2.24, 2.45) is 0 Å². The summed E-state index contributed by atoms with van der Waals surface area (Å²) >= 11 is 0. The zero-order valence-corrected chi connectivity index (χ0v) is 15.7. The third-order valence-corrected chi connectivity index (χ3v) is 4.19. The van der Waals surface area contributed by atoms with Gasteiger partial charge in [0.05, 0.1) is 27.7 Å². The van der Waals surface area contributed by atoms with E-state index in [-0.39, 0.29) is 0 Å². The Morgan fingerprint density at radius 3 is 1.68 bits per heavy atom. The molecule has 1 heterocycles. The first-order chi connectivity index (χ1) is 10.4. The molecule has 0 aliphatic rings. The van der Waals surface area contributed by atoms with Gasteiger partial charge in [0.15, 0.2) is 12.4 Å². The minimum absolute atomic E-state index is 1.11. The standard InChI is InChI=1S/C20H38N2/c1-19-16-20(2)18-21(17-19)14-12-10-8-6-7-9-11-13-15-22(3,4)5/h16-18H,6-15H2,1-5H3/q+2. The molecule has 2 heteroatoms. The average Bonchev–Trinajstić information content (AvgIpc) is 2.38. The zero-order chi connectivity index (χ0) is 16.4. The van der Waals surface area contributed by atoms with Gasteiger partial charge >= 0.3 is 0 Å². The maximum absolute atomic E-state index is 2.36. The molecule has 0 unspecified atom stereocenters. The van der Waals surface area contributed by atoms with Crippen LogP contribution in [0.2, 0.25) is 0 Å². The number of hydrogen-bond acceptors (Lipinski definition) is 0. The Balaban J connectivity index is 1.95. The Hall–Kier alpha value is -0.890. The molecule has 0 aliphatic carbocycles. The van der Waals surface area contributed by atoms with Crippen LogP contribution >= 0.6 is 0 Å². The Labute approximate surface area is 138 Å². The van der Waals surface area contributed by atoms with E-state index >= 15 is 0 Å². The molecule has 1 aromatic heterocycles. The number of aromatic nitrogens is 1. The van der Waals surface area contributed by atoms with Crippen LogP contribution in [0.3, 0.4) is 0 Å². The van der Waals surface area contributed by atoms with Crippen molar-refractivity contribution in [2.75, 3.05) is 27.7 Å². The molecule has 0 aliphatic heterocycles. The van der Waals surface area contributed by atoms with E-state index in [0.717, 1.165) is 4.48 Å². The summed E-state index contributed by atoms with van der Waals surface area (Å²) in [6, 6.07) is 2.25. The third kappa shape index (κ3) is 9.94. The molecular formula is C20H38N2+2. The second kappa shape index (κ2) is 9.99. The fourth-order valence-electron chi connectivity index (χ4n) is 3.06. The molecule has 0 atom stereocenters. The van der Waals surface area contributed by atoms with Crippen LogP contribution in [-0.4, -0.2) is 32.2 Å². The summed E-state index contributed by atoms with van der Waals surface area (Å²) in [4.78, 5) is 0. The second-order valence-corrected chi connectivity index (χ2v) is 7.97. The summed E-state index contributed by atoms with van der Waals surface area (Å²) in [5.41, 5.74) is 2.74. The van der Waals surface area contributed by atoms with E-state index in [2.05, 4.69) is 58.0 Å². The minimum Gasteiger partial charge on any atom is -0.331 e. The quantitative estimate of drug-likeness (QED) is 0.324. The lowest BCUT2D eigenvalue weighted by Crippen LogP contribution is -2.35. The zero-order valence-electron chi connectivity index (χ0n) is 15.7. The highest BCUT2D eigenvalue weighted by molar-refractivity contribution is 5.11. The highest BCUT2D eigenvalue weighted by Crippen LogP contribution is 2.09. The van der Waals surface area contributed by atoms with E-state index in [1.807, 2.05) is 0 Å². The van der Waals surface area contributed by atoms with Crippen LogP contribution in [0, 0.1) is 13.8 Å². The van der Waals surface area contributed by atoms with E-state index < -0.39 is 0 Å². The Morgan fingerprint density at radius 1 is 0.727 bits per heavy atom. The van der Waals surface area contributed by atoms with E-state index in [4.69, 9.17) is 0 Å². The number of aryl methyl sites for hydroxylation is 3. The number of unbranched alkanes of at least 4 members (excludes halogenated alkanes) is 7. The summed E-state index contributed by atoms with van der Waals surface area (Å²) in [7, 11) is 6.86. The average molecular weight is 307 g/mol. The second-order valence-electron chi connectivity index (χ2n) is 7.97. The summed E-state index contributed by atoms with van der Waals surface area (Å²) in [6.07, 6.45) is 15.7. The lowest BCUT2D eigenvalue weighted by Gasteiger charge is -2.23. The molecule has 1 aromatic rings. The molecule has 0 aromatic carbocycles. The van der Waals surface area contributed by atoms with Crippen molar-refractivity contribution in [2.45, 2.75) is 71.8 Å². The highest BCUT2D eigenvalue weighted by Gasteiger charge is 2.05.